The number of benzene rings is 1. The quantitative estimate of drug-likeness (QED) is 0.861. The maximum atomic E-state index is 12.4. The molecule has 18 heavy (non-hydrogen) atoms. The maximum absolute atomic E-state index is 12.4. The van der Waals surface area contributed by atoms with Crippen molar-refractivity contribution >= 4 is 11.6 Å². The lowest BCUT2D eigenvalue weighted by Gasteiger charge is -2.31. The zero-order valence-corrected chi connectivity index (χ0v) is 11.4. The molecule has 1 aromatic carbocycles. The van der Waals surface area contributed by atoms with Gasteiger partial charge in [-0.1, -0.05) is 25.1 Å². The summed E-state index contributed by atoms with van der Waals surface area (Å²) in [6.07, 6.45) is 1.80. The number of nitrogens with one attached hydrogen (secondary N) is 2. The van der Waals surface area contributed by atoms with E-state index in [4.69, 9.17) is 0 Å². The molecule has 1 atom stereocenters. The second-order valence-electron chi connectivity index (χ2n) is 5.58. The van der Waals surface area contributed by atoms with Gasteiger partial charge in [-0.15, -0.1) is 0 Å². The second-order valence-corrected chi connectivity index (χ2v) is 5.58. The maximum Gasteiger partial charge on any atom is 0.228 e. The summed E-state index contributed by atoms with van der Waals surface area (Å²) in [5, 5.41) is 6.49. The Labute approximate surface area is 109 Å². The highest BCUT2D eigenvalue weighted by atomic mass is 16.2. The van der Waals surface area contributed by atoms with Gasteiger partial charge in [-0.25, -0.2) is 0 Å². The van der Waals surface area contributed by atoms with E-state index in [0.29, 0.717) is 0 Å². The minimum absolute atomic E-state index is 0.0201. The second kappa shape index (κ2) is 5.01. The van der Waals surface area contributed by atoms with Gasteiger partial charge in [0.25, 0.3) is 0 Å². The lowest BCUT2D eigenvalue weighted by molar-refractivity contribution is -0.124. The van der Waals surface area contributed by atoms with Gasteiger partial charge in [-0.3, -0.25) is 4.79 Å². The molecule has 0 bridgehead atoms. The molecular weight excluding hydrogens is 224 g/mol. The number of para-hydroxylation sites is 1. The molecule has 0 aliphatic carbocycles. The largest absolute Gasteiger partial charge is 0.385 e. The Bertz CT molecular complexity index is 440. The SMILES string of the molecule is CCC(C)(C)NC(=O)C1CCNc2ccccc21. The number of rotatable bonds is 3. The molecule has 1 aliphatic rings. The monoisotopic (exact) mass is 246 g/mol. The molecule has 0 saturated heterocycles. The Kier molecular flexibility index (Phi) is 3.60. The lowest BCUT2D eigenvalue weighted by atomic mass is 9.89. The van der Waals surface area contributed by atoms with Gasteiger partial charge in [-0.05, 0) is 38.3 Å². The van der Waals surface area contributed by atoms with Crippen LogP contribution in [0.5, 0.6) is 0 Å². The number of amides is 1. The van der Waals surface area contributed by atoms with Crippen LogP contribution in [-0.4, -0.2) is 18.0 Å². The predicted molar refractivity (Wildman–Crippen MR) is 74.8 cm³/mol. The van der Waals surface area contributed by atoms with E-state index in [1.807, 2.05) is 24.3 Å². The van der Waals surface area contributed by atoms with Gasteiger partial charge in [0.2, 0.25) is 5.91 Å². The van der Waals surface area contributed by atoms with Gasteiger partial charge in [0.05, 0.1) is 5.92 Å². The molecule has 3 nitrogen and oxygen atoms in total. The van der Waals surface area contributed by atoms with Gasteiger partial charge < -0.3 is 10.6 Å². The van der Waals surface area contributed by atoms with Crippen LogP contribution in [-0.2, 0) is 4.79 Å². The summed E-state index contributed by atoms with van der Waals surface area (Å²) in [5.41, 5.74) is 2.09. The number of hydrogen-bond donors (Lipinski definition) is 2. The van der Waals surface area contributed by atoms with Crippen molar-refractivity contribution < 1.29 is 4.79 Å². The first-order valence-electron chi connectivity index (χ1n) is 6.68. The molecule has 1 aromatic rings. The van der Waals surface area contributed by atoms with Crippen molar-refractivity contribution in [2.24, 2.45) is 0 Å². The van der Waals surface area contributed by atoms with E-state index in [0.717, 1.165) is 30.6 Å². The lowest BCUT2D eigenvalue weighted by Crippen LogP contribution is -2.45. The first kappa shape index (κ1) is 12.9. The summed E-state index contributed by atoms with van der Waals surface area (Å²) in [5.74, 6) is 0.129. The van der Waals surface area contributed by atoms with E-state index < -0.39 is 0 Å². The van der Waals surface area contributed by atoms with Crippen LogP contribution in [0, 0.1) is 0 Å². The van der Waals surface area contributed by atoms with Crippen molar-refractivity contribution in [3.63, 3.8) is 0 Å². The van der Waals surface area contributed by atoms with E-state index in [-0.39, 0.29) is 17.4 Å². The summed E-state index contributed by atoms with van der Waals surface area (Å²) in [4.78, 5) is 12.4. The van der Waals surface area contributed by atoms with Crippen LogP contribution in [0.25, 0.3) is 0 Å². The van der Waals surface area contributed by atoms with E-state index in [9.17, 15) is 4.79 Å². The van der Waals surface area contributed by atoms with Crippen LogP contribution < -0.4 is 10.6 Å². The summed E-state index contributed by atoms with van der Waals surface area (Å²) in [6.45, 7) is 7.09. The van der Waals surface area contributed by atoms with E-state index >= 15 is 0 Å². The molecule has 1 aliphatic heterocycles. The minimum Gasteiger partial charge on any atom is -0.385 e. The van der Waals surface area contributed by atoms with E-state index in [1.54, 1.807) is 0 Å². The molecule has 98 valence electrons. The summed E-state index contributed by atoms with van der Waals surface area (Å²) in [7, 11) is 0. The first-order valence-corrected chi connectivity index (χ1v) is 6.68. The van der Waals surface area contributed by atoms with Crippen molar-refractivity contribution in [2.75, 3.05) is 11.9 Å². The Morgan fingerprint density at radius 3 is 2.89 bits per heavy atom. The molecular formula is C15H22N2O. The van der Waals surface area contributed by atoms with Gasteiger partial charge in [0.1, 0.15) is 0 Å². The van der Waals surface area contributed by atoms with Crippen LogP contribution >= 0.6 is 0 Å². The van der Waals surface area contributed by atoms with Crippen LogP contribution in [0.3, 0.4) is 0 Å². The Morgan fingerprint density at radius 2 is 2.17 bits per heavy atom. The number of hydrogen-bond acceptors (Lipinski definition) is 2. The van der Waals surface area contributed by atoms with Crippen LogP contribution in [0.2, 0.25) is 0 Å². The topological polar surface area (TPSA) is 41.1 Å². The molecule has 1 heterocycles. The predicted octanol–water partition coefficient (Wildman–Crippen LogP) is 2.89. The molecule has 0 fully saturated rings. The summed E-state index contributed by atoms with van der Waals surface area (Å²) < 4.78 is 0. The highest BCUT2D eigenvalue weighted by Gasteiger charge is 2.29. The smallest absolute Gasteiger partial charge is 0.228 e. The van der Waals surface area contributed by atoms with Crippen molar-refractivity contribution in [1.82, 2.24) is 5.32 Å². The highest BCUT2D eigenvalue weighted by molar-refractivity contribution is 5.86. The third-order valence-corrected chi connectivity index (χ3v) is 3.75. The Morgan fingerprint density at radius 1 is 1.44 bits per heavy atom. The molecule has 1 unspecified atom stereocenters. The normalized spacial score (nSPS) is 18.7. The van der Waals surface area contributed by atoms with E-state index in [2.05, 4.69) is 31.4 Å². The van der Waals surface area contributed by atoms with Crippen molar-refractivity contribution in [3.05, 3.63) is 29.8 Å². The average Bonchev–Trinajstić information content (AvgIpc) is 2.37. The van der Waals surface area contributed by atoms with Gasteiger partial charge >= 0.3 is 0 Å². The van der Waals surface area contributed by atoms with Crippen molar-refractivity contribution in [2.45, 2.75) is 45.1 Å². The fourth-order valence-corrected chi connectivity index (χ4v) is 2.25. The van der Waals surface area contributed by atoms with Crippen LogP contribution in [0.4, 0.5) is 5.69 Å². The fraction of sp³-hybridized carbons (Fsp3) is 0.533. The Hall–Kier alpha value is -1.51. The summed E-state index contributed by atoms with van der Waals surface area (Å²) in [6, 6.07) is 8.09. The summed E-state index contributed by atoms with van der Waals surface area (Å²) >= 11 is 0. The number of carbonyl (C=O) groups excluding carboxylic acids is 1. The number of anilines is 1. The highest BCUT2D eigenvalue weighted by Crippen LogP contribution is 2.31. The Balaban J connectivity index is 2.18. The molecule has 3 heteroatoms. The van der Waals surface area contributed by atoms with Crippen LogP contribution in [0.15, 0.2) is 24.3 Å². The van der Waals surface area contributed by atoms with Gasteiger partial charge in [0, 0.05) is 17.8 Å². The number of fused-ring (bicyclic) bond motifs is 1. The number of carbonyl (C=O) groups is 1. The average molecular weight is 246 g/mol. The molecule has 0 saturated carbocycles. The van der Waals surface area contributed by atoms with Gasteiger partial charge in [0.15, 0.2) is 0 Å². The molecule has 0 aromatic heterocycles. The molecule has 1 amide bonds. The minimum atomic E-state index is -0.128. The molecule has 2 N–H and O–H groups in total. The van der Waals surface area contributed by atoms with Crippen molar-refractivity contribution in [3.8, 4) is 0 Å². The zero-order chi connectivity index (χ0) is 13.2. The molecule has 2 rings (SSSR count). The first-order chi connectivity index (χ1) is 8.53. The van der Waals surface area contributed by atoms with E-state index in [1.165, 1.54) is 0 Å². The molecule has 0 spiro atoms. The third-order valence-electron chi connectivity index (χ3n) is 3.75. The standard InChI is InChI=1S/C15H22N2O/c1-4-15(2,3)17-14(18)12-9-10-16-13-8-6-5-7-11(12)13/h5-8,12,16H,4,9-10H2,1-3H3,(H,17,18). The molecule has 0 radical (unpaired) electrons. The zero-order valence-electron chi connectivity index (χ0n) is 11.4. The third kappa shape index (κ3) is 2.66. The van der Waals surface area contributed by atoms with Crippen LogP contribution in [0.1, 0.15) is 45.1 Å². The van der Waals surface area contributed by atoms with Gasteiger partial charge in [-0.2, -0.15) is 0 Å². The van der Waals surface area contributed by atoms with Crippen molar-refractivity contribution in [1.29, 1.82) is 0 Å². The fourth-order valence-electron chi connectivity index (χ4n) is 2.25.